The van der Waals surface area contributed by atoms with E-state index in [2.05, 4.69) is 6.92 Å². The van der Waals surface area contributed by atoms with E-state index in [1.807, 2.05) is 6.92 Å². The number of unbranched alkanes of at least 4 members (excludes halogenated alkanes) is 7. The first-order valence-corrected chi connectivity index (χ1v) is 9.63. The molecule has 0 spiro atoms. The second-order valence-electron chi connectivity index (χ2n) is 6.55. The third-order valence-electron chi connectivity index (χ3n) is 4.49. The van der Waals surface area contributed by atoms with Crippen LogP contribution in [0.2, 0.25) is 0 Å². The van der Waals surface area contributed by atoms with Gasteiger partial charge >= 0.3 is 11.9 Å². The van der Waals surface area contributed by atoms with Crippen LogP contribution in [0.5, 0.6) is 0 Å². The van der Waals surface area contributed by atoms with E-state index >= 15 is 0 Å². The Morgan fingerprint density at radius 2 is 1.48 bits per heavy atom. The van der Waals surface area contributed by atoms with Crippen molar-refractivity contribution in [3.8, 4) is 0 Å². The normalized spacial score (nSPS) is 11.9. The Hall–Kier alpha value is -1.84. The molecule has 0 saturated carbocycles. The van der Waals surface area contributed by atoms with Crippen LogP contribution in [0.25, 0.3) is 0 Å². The van der Waals surface area contributed by atoms with E-state index in [0.29, 0.717) is 0 Å². The minimum Gasteiger partial charge on any atom is -0.478 e. The van der Waals surface area contributed by atoms with Crippen LogP contribution >= 0.6 is 0 Å². The highest BCUT2D eigenvalue weighted by Gasteiger charge is 2.20. The molecule has 0 unspecified atom stereocenters. The summed E-state index contributed by atoms with van der Waals surface area (Å²) >= 11 is 0. The first-order valence-electron chi connectivity index (χ1n) is 9.63. The number of carbonyl (C=O) groups is 2. The summed E-state index contributed by atoms with van der Waals surface area (Å²) in [5, 5.41) is 9.18. The van der Waals surface area contributed by atoms with Crippen molar-refractivity contribution in [1.82, 2.24) is 0 Å². The van der Waals surface area contributed by atoms with Crippen molar-refractivity contribution < 1.29 is 19.4 Å². The average Bonchev–Trinajstić information content (AvgIpc) is 2.62. The van der Waals surface area contributed by atoms with Crippen LogP contribution in [0, 0.1) is 0 Å². The van der Waals surface area contributed by atoms with E-state index in [1.165, 1.54) is 50.7 Å². The van der Waals surface area contributed by atoms with Gasteiger partial charge in [0, 0.05) is 0 Å². The van der Waals surface area contributed by atoms with Crippen molar-refractivity contribution in [1.29, 1.82) is 0 Å². The number of ether oxygens (including phenoxy) is 1. The Labute approximate surface area is 151 Å². The Bertz CT molecular complexity index is 524. The lowest BCUT2D eigenvalue weighted by atomic mass is 10.0. The first-order chi connectivity index (χ1) is 12.1. The molecule has 0 radical (unpaired) electrons. The highest BCUT2D eigenvalue weighted by Crippen LogP contribution is 2.17. The van der Waals surface area contributed by atoms with E-state index in [-0.39, 0.29) is 17.2 Å². The summed E-state index contributed by atoms with van der Waals surface area (Å²) in [7, 11) is 0. The molecule has 1 rings (SSSR count). The molecule has 0 amide bonds. The molecule has 4 nitrogen and oxygen atoms in total. The predicted molar refractivity (Wildman–Crippen MR) is 100 cm³/mol. The molecule has 0 heterocycles. The number of aromatic carboxylic acids is 1. The number of benzene rings is 1. The molecule has 0 bridgehead atoms. The lowest BCUT2D eigenvalue weighted by molar-refractivity contribution is 0.0262. The van der Waals surface area contributed by atoms with Crippen LogP contribution in [0.3, 0.4) is 0 Å². The molecule has 1 N–H and O–H groups in total. The minimum atomic E-state index is -1.11. The highest BCUT2D eigenvalue weighted by atomic mass is 16.5. The summed E-state index contributed by atoms with van der Waals surface area (Å²) in [4.78, 5) is 23.5. The molecule has 4 heteroatoms. The fourth-order valence-corrected chi connectivity index (χ4v) is 2.91. The zero-order chi connectivity index (χ0) is 18.5. The topological polar surface area (TPSA) is 63.6 Å². The highest BCUT2D eigenvalue weighted by molar-refractivity contribution is 6.02. The third-order valence-corrected chi connectivity index (χ3v) is 4.49. The van der Waals surface area contributed by atoms with Crippen molar-refractivity contribution in [2.75, 3.05) is 0 Å². The van der Waals surface area contributed by atoms with Crippen LogP contribution in [-0.4, -0.2) is 23.1 Å². The monoisotopic (exact) mass is 348 g/mol. The SMILES string of the molecule is CCCCCCCCCC[C@@H](CC)OC(=O)c1ccccc1C(=O)O. The van der Waals surface area contributed by atoms with E-state index < -0.39 is 11.9 Å². The van der Waals surface area contributed by atoms with Gasteiger partial charge in [0.15, 0.2) is 0 Å². The Balaban J connectivity index is 2.36. The van der Waals surface area contributed by atoms with Gasteiger partial charge in [0.2, 0.25) is 0 Å². The van der Waals surface area contributed by atoms with Gasteiger partial charge in [-0.3, -0.25) is 0 Å². The Kier molecular flexibility index (Phi) is 10.6. The Morgan fingerprint density at radius 1 is 0.920 bits per heavy atom. The van der Waals surface area contributed by atoms with E-state index in [4.69, 9.17) is 4.74 Å². The molecule has 1 aromatic carbocycles. The predicted octanol–water partition coefficient (Wildman–Crippen LogP) is 5.85. The molecule has 0 aliphatic carbocycles. The van der Waals surface area contributed by atoms with Crippen molar-refractivity contribution in [3.63, 3.8) is 0 Å². The summed E-state index contributed by atoms with van der Waals surface area (Å²) in [5.74, 6) is -1.65. The molecule has 140 valence electrons. The molecular formula is C21H32O4. The maximum absolute atomic E-state index is 12.3. The summed E-state index contributed by atoms with van der Waals surface area (Å²) in [6.07, 6.45) is 11.4. The lowest BCUT2D eigenvalue weighted by Crippen LogP contribution is -2.19. The second kappa shape index (κ2) is 12.5. The quantitative estimate of drug-likeness (QED) is 0.359. The van der Waals surface area contributed by atoms with Gasteiger partial charge in [-0.1, -0.05) is 70.9 Å². The molecule has 0 saturated heterocycles. The van der Waals surface area contributed by atoms with Gasteiger partial charge in [0.05, 0.1) is 11.1 Å². The maximum Gasteiger partial charge on any atom is 0.339 e. The summed E-state index contributed by atoms with van der Waals surface area (Å²) in [6.45, 7) is 4.22. The fourth-order valence-electron chi connectivity index (χ4n) is 2.91. The second-order valence-corrected chi connectivity index (χ2v) is 6.55. The fraction of sp³-hybridized carbons (Fsp3) is 0.619. The number of rotatable bonds is 13. The van der Waals surface area contributed by atoms with Gasteiger partial charge in [-0.2, -0.15) is 0 Å². The van der Waals surface area contributed by atoms with E-state index in [0.717, 1.165) is 25.7 Å². The van der Waals surface area contributed by atoms with Crippen molar-refractivity contribution in [3.05, 3.63) is 35.4 Å². The summed E-state index contributed by atoms with van der Waals surface area (Å²) < 4.78 is 5.53. The van der Waals surface area contributed by atoms with Gasteiger partial charge in [-0.15, -0.1) is 0 Å². The van der Waals surface area contributed by atoms with Crippen molar-refractivity contribution in [2.45, 2.75) is 84.2 Å². The number of hydrogen-bond acceptors (Lipinski definition) is 3. The number of hydrogen-bond donors (Lipinski definition) is 1. The average molecular weight is 348 g/mol. The van der Waals surface area contributed by atoms with Crippen LogP contribution in [-0.2, 0) is 4.74 Å². The van der Waals surface area contributed by atoms with E-state index in [1.54, 1.807) is 12.1 Å². The van der Waals surface area contributed by atoms with Gasteiger partial charge in [-0.05, 0) is 31.4 Å². The largest absolute Gasteiger partial charge is 0.478 e. The van der Waals surface area contributed by atoms with Gasteiger partial charge in [0.1, 0.15) is 6.10 Å². The molecule has 25 heavy (non-hydrogen) atoms. The summed E-state index contributed by atoms with van der Waals surface area (Å²) in [5.41, 5.74) is 0.124. The molecule has 1 aromatic rings. The molecular weight excluding hydrogens is 316 g/mol. The van der Waals surface area contributed by atoms with Gasteiger partial charge in [0.25, 0.3) is 0 Å². The number of esters is 1. The molecule has 0 aliphatic heterocycles. The number of carboxylic acid groups (broad SMARTS) is 1. The maximum atomic E-state index is 12.3. The van der Waals surface area contributed by atoms with Crippen molar-refractivity contribution >= 4 is 11.9 Å². The standard InChI is InChI=1S/C21H32O4/c1-3-5-6-7-8-9-10-11-14-17(4-2)25-21(24)19-16-13-12-15-18(19)20(22)23/h12-13,15-17H,3-11,14H2,1-2H3,(H,22,23)/t17-/m1/s1. The van der Waals surface area contributed by atoms with Crippen LogP contribution in [0.4, 0.5) is 0 Å². The molecule has 0 aliphatic rings. The van der Waals surface area contributed by atoms with Gasteiger partial charge < -0.3 is 9.84 Å². The Morgan fingerprint density at radius 3 is 2.04 bits per heavy atom. The summed E-state index contributed by atoms with van der Waals surface area (Å²) in [6, 6.07) is 6.20. The smallest absolute Gasteiger partial charge is 0.339 e. The number of carbonyl (C=O) groups excluding carboxylic acids is 1. The lowest BCUT2D eigenvalue weighted by Gasteiger charge is -2.17. The zero-order valence-corrected chi connectivity index (χ0v) is 15.6. The van der Waals surface area contributed by atoms with E-state index in [9.17, 15) is 14.7 Å². The minimum absolute atomic E-state index is 0.00516. The third kappa shape index (κ3) is 8.19. The van der Waals surface area contributed by atoms with Crippen LogP contribution < -0.4 is 0 Å². The van der Waals surface area contributed by atoms with Crippen molar-refractivity contribution in [2.24, 2.45) is 0 Å². The number of carboxylic acids is 1. The van der Waals surface area contributed by atoms with Gasteiger partial charge in [-0.25, -0.2) is 9.59 Å². The molecule has 0 fully saturated rings. The van der Waals surface area contributed by atoms with Crippen LogP contribution in [0.15, 0.2) is 24.3 Å². The molecule has 1 atom stereocenters. The zero-order valence-electron chi connectivity index (χ0n) is 15.6. The first kappa shape index (κ1) is 21.2. The van der Waals surface area contributed by atoms with Crippen LogP contribution in [0.1, 0.15) is 98.8 Å². The molecule has 0 aromatic heterocycles.